The fraction of sp³-hybridized carbons (Fsp3) is 0.400. The minimum absolute atomic E-state index is 0.201. The van der Waals surface area contributed by atoms with Crippen molar-refractivity contribution >= 4 is 23.5 Å². The van der Waals surface area contributed by atoms with Gasteiger partial charge in [0.1, 0.15) is 5.75 Å². The standard InChI is InChI=1S/C25H30N2O7/c1-4-33-25(30)18-8-7-13-27(15-18)24(29)17-11-12-21(22(14-17)32-3)34-16-23(28)26-19-9-5-6-10-20(19)31-2/h5-6,9-12,14,18H,4,7-8,13,15-16H2,1-3H3,(H,26,28). The van der Waals surface area contributed by atoms with Gasteiger partial charge in [-0.15, -0.1) is 0 Å². The zero-order valence-corrected chi connectivity index (χ0v) is 19.7. The molecule has 182 valence electrons. The minimum atomic E-state index is -0.370. The lowest BCUT2D eigenvalue weighted by Crippen LogP contribution is -2.42. The van der Waals surface area contributed by atoms with Crippen molar-refractivity contribution in [3.8, 4) is 17.2 Å². The van der Waals surface area contributed by atoms with E-state index >= 15 is 0 Å². The molecule has 0 aromatic heterocycles. The van der Waals surface area contributed by atoms with E-state index in [1.807, 2.05) is 0 Å². The molecule has 0 saturated carbocycles. The number of ether oxygens (including phenoxy) is 4. The van der Waals surface area contributed by atoms with E-state index in [4.69, 9.17) is 18.9 Å². The van der Waals surface area contributed by atoms with E-state index in [0.717, 1.165) is 6.42 Å². The molecule has 0 bridgehead atoms. The van der Waals surface area contributed by atoms with E-state index in [1.165, 1.54) is 14.2 Å². The Balaban J connectivity index is 1.63. The second kappa shape index (κ2) is 11.9. The summed E-state index contributed by atoms with van der Waals surface area (Å²) in [6.07, 6.45) is 1.44. The average molecular weight is 471 g/mol. The molecular formula is C25H30N2O7. The topological polar surface area (TPSA) is 103 Å². The highest BCUT2D eigenvalue weighted by molar-refractivity contribution is 5.95. The maximum atomic E-state index is 13.0. The Morgan fingerprint density at radius 2 is 1.79 bits per heavy atom. The van der Waals surface area contributed by atoms with Crippen molar-refractivity contribution in [3.63, 3.8) is 0 Å². The number of nitrogens with one attached hydrogen (secondary N) is 1. The molecule has 0 spiro atoms. The molecule has 0 aliphatic carbocycles. The van der Waals surface area contributed by atoms with Gasteiger partial charge in [0.25, 0.3) is 11.8 Å². The van der Waals surface area contributed by atoms with Crippen LogP contribution in [-0.4, -0.2) is 63.2 Å². The van der Waals surface area contributed by atoms with Crippen LogP contribution in [0.1, 0.15) is 30.1 Å². The van der Waals surface area contributed by atoms with Crippen molar-refractivity contribution < 1.29 is 33.3 Å². The summed E-state index contributed by atoms with van der Waals surface area (Å²) >= 11 is 0. The largest absolute Gasteiger partial charge is 0.495 e. The number of benzene rings is 2. The molecule has 1 unspecified atom stereocenters. The number of likely N-dealkylation sites (tertiary alicyclic amines) is 1. The Morgan fingerprint density at radius 1 is 1.03 bits per heavy atom. The SMILES string of the molecule is CCOC(=O)C1CCCN(C(=O)c2ccc(OCC(=O)Nc3ccccc3OC)c(OC)c2)C1. The summed E-state index contributed by atoms with van der Waals surface area (Å²) < 4.78 is 21.3. The molecule has 1 heterocycles. The number of hydrogen-bond donors (Lipinski definition) is 1. The van der Waals surface area contributed by atoms with Gasteiger partial charge < -0.3 is 29.2 Å². The van der Waals surface area contributed by atoms with Gasteiger partial charge in [-0.3, -0.25) is 14.4 Å². The third-order valence-electron chi connectivity index (χ3n) is 5.48. The summed E-state index contributed by atoms with van der Waals surface area (Å²) in [5.41, 5.74) is 0.946. The van der Waals surface area contributed by atoms with Crippen LogP contribution in [0.2, 0.25) is 0 Å². The van der Waals surface area contributed by atoms with Crippen LogP contribution in [0.5, 0.6) is 17.2 Å². The summed E-state index contributed by atoms with van der Waals surface area (Å²) in [4.78, 5) is 39.1. The second-order valence-corrected chi connectivity index (χ2v) is 7.75. The number of anilines is 1. The molecular weight excluding hydrogens is 440 g/mol. The van der Waals surface area contributed by atoms with Gasteiger partial charge in [-0.05, 0) is 50.1 Å². The molecule has 1 saturated heterocycles. The van der Waals surface area contributed by atoms with Crippen LogP contribution in [-0.2, 0) is 14.3 Å². The van der Waals surface area contributed by atoms with Crippen molar-refractivity contribution in [2.24, 2.45) is 5.92 Å². The van der Waals surface area contributed by atoms with Gasteiger partial charge in [0.15, 0.2) is 18.1 Å². The summed E-state index contributed by atoms with van der Waals surface area (Å²) in [5.74, 6) is 0.0424. The third kappa shape index (κ3) is 6.18. The van der Waals surface area contributed by atoms with Crippen molar-refractivity contribution in [2.45, 2.75) is 19.8 Å². The van der Waals surface area contributed by atoms with Crippen LogP contribution in [0.15, 0.2) is 42.5 Å². The molecule has 34 heavy (non-hydrogen) atoms. The van der Waals surface area contributed by atoms with Crippen molar-refractivity contribution in [1.82, 2.24) is 4.90 Å². The quantitative estimate of drug-likeness (QED) is 0.562. The molecule has 1 N–H and O–H groups in total. The molecule has 1 fully saturated rings. The van der Waals surface area contributed by atoms with Crippen LogP contribution < -0.4 is 19.5 Å². The Morgan fingerprint density at radius 3 is 2.53 bits per heavy atom. The smallest absolute Gasteiger partial charge is 0.310 e. The molecule has 2 aromatic rings. The minimum Gasteiger partial charge on any atom is -0.495 e. The number of nitrogens with zero attached hydrogens (tertiary/aromatic N) is 1. The predicted octanol–water partition coefficient (Wildman–Crippen LogP) is 3.14. The Labute approximate surface area is 198 Å². The monoisotopic (exact) mass is 470 g/mol. The van der Waals surface area contributed by atoms with Gasteiger partial charge >= 0.3 is 5.97 Å². The zero-order chi connectivity index (χ0) is 24.5. The predicted molar refractivity (Wildman–Crippen MR) is 125 cm³/mol. The number of piperidine rings is 1. The maximum Gasteiger partial charge on any atom is 0.310 e. The first kappa shape index (κ1) is 24.9. The Hall–Kier alpha value is -3.75. The molecule has 2 amide bonds. The first-order valence-electron chi connectivity index (χ1n) is 11.2. The first-order valence-corrected chi connectivity index (χ1v) is 11.2. The Kier molecular flexibility index (Phi) is 8.73. The number of esters is 1. The van der Waals surface area contributed by atoms with E-state index in [9.17, 15) is 14.4 Å². The second-order valence-electron chi connectivity index (χ2n) is 7.75. The molecule has 3 rings (SSSR count). The molecule has 0 radical (unpaired) electrons. The average Bonchev–Trinajstić information content (AvgIpc) is 2.87. The van der Waals surface area contributed by atoms with E-state index in [-0.39, 0.29) is 30.3 Å². The van der Waals surface area contributed by atoms with Crippen LogP contribution in [0.25, 0.3) is 0 Å². The first-order chi connectivity index (χ1) is 16.5. The van der Waals surface area contributed by atoms with Crippen LogP contribution in [0.3, 0.4) is 0 Å². The van der Waals surface area contributed by atoms with Crippen LogP contribution in [0, 0.1) is 5.92 Å². The van der Waals surface area contributed by atoms with Crippen molar-refractivity contribution in [1.29, 1.82) is 0 Å². The van der Waals surface area contributed by atoms with Crippen LogP contribution in [0.4, 0.5) is 5.69 Å². The van der Waals surface area contributed by atoms with E-state index in [1.54, 1.807) is 54.3 Å². The fourth-order valence-corrected chi connectivity index (χ4v) is 3.79. The highest BCUT2D eigenvalue weighted by atomic mass is 16.5. The van der Waals surface area contributed by atoms with Gasteiger partial charge in [-0.25, -0.2) is 0 Å². The normalized spacial score (nSPS) is 15.3. The molecule has 1 atom stereocenters. The summed E-state index contributed by atoms with van der Waals surface area (Å²) in [6.45, 7) is 2.72. The lowest BCUT2D eigenvalue weighted by molar-refractivity contribution is -0.149. The van der Waals surface area contributed by atoms with Gasteiger partial charge in [0.05, 0.1) is 32.4 Å². The van der Waals surface area contributed by atoms with Gasteiger partial charge in [-0.1, -0.05) is 12.1 Å². The van der Waals surface area contributed by atoms with Gasteiger partial charge in [-0.2, -0.15) is 0 Å². The number of hydrogen-bond acceptors (Lipinski definition) is 7. The molecule has 2 aromatic carbocycles. The van der Waals surface area contributed by atoms with Crippen LogP contribution >= 0.6 is 0 Å². The Bertz CT molecular complexity index is 1020. The molecule has 1 aliphatic heterocycles. The number of para-hydroxylation sites is 2. The summed E-state index contributed by atoms with van der Waals surface area (Å²) in [6, 6.07) is 11.8. The maximum absolute atomic E-state index is 13.0. The van der Waals surface area contributed by atoms with Gasteiger partial charge in [0.2, 0.25) is 0 Å². The molecule has 9 heteroatoms. The van der Waals surface area contributed by atoms with E-state index in [2.05, 4.69) is 5.32 Å². The highest BCUT2D eigenvalue weighted by Gasteiger charge is 2.30. The summed E-state index contributed by atoms with van der Waals surface area (Å²) in [5, 5.41) is 2.74. The van der Waals surface area contributed by atoms with Crippen molar-refractivity contribution in [3.05, 3.63) is 48.0 Å². The lowest BCUT2D eigenvalue weighted by atomic mass is 9.97. The number of carbonyl (C=O) groups excluding carboxylic acids is 3. The van der Waals surface area contributed by atoms with E-state index < -0.39 is 0 Å². The lowest BCUT2D eigenvalue weighted by Gasteiger charge is -2.31. The number of carbonyl (C=O) groups is 3. The zero-order valence-electron chi connectivity index (χ0n) is 19.7. The number of methoxy groups -OCH3 is 2. The third-order valence-corrected chi connectivity index (χ3v) is 5.48. The number of rotatable bonds is 9. The van der Waals surface area contributed by atoms with Gasteiger partial charge in [0, 0.05) is 18.7 Å². The summed E-state index contributed by atoms with van der Waals surface area (Å²) in [7, 11) is 2.99. The number of amides is 2. The molecule has 9 nitrogen and oxygen atoms in total. The van der Waals surface area contributed by atoms with Crippen molar-refractivity contribution in [2.75, 3.05) is 45.8 Å². The molecule has 1 aliphatic rings. The highest BCUT2D eigenvalue weighted by Crippen LogP contribution is 2.30. The van der Waals surface area contributed by atoms with E-state index in [0.29, 0.717) is 54.6 Å². The fourth-order valence-electron chi connectivity index (χ4n) is 3.79.